The van der Waals surface area contributed by atoms with Gasteiger partial charge in [-0.05, 0) is 62.1 Å². The number of hydrogen-bond donors (Lipinski definition) is 0. The molecule has 32 heavy (non-hydrogen) atoms. The zero-order chi connectivity index (χ0) is 22.8. The number of benzene rings is 2. The number of halogens is 2. The minimum absolute atomic E-state index is 0.0441. The van der Waals surface area contributed by atoms with E-state index in [4.69, 9.17) is 16.3 Å². The molecule has 1 amide bonds. The van der Waals surface area contributed by atoms with Crippen molar-refractivity contribution in [2.24, 2.45) is 5.92 Å². The van der Waals surface area contributed by atoms with Gasteiger partial charge in [0.2, 0.25) is 5.91 Å². The van der Waals surface area contributed by atoms with Crippen LogP contribution in [-0.2, 0) is 27.4 Å². The molecule has 1 aromatic heterocycles. The topological polar surface area (TPSA) is 51.5 Å². The van der Waals surface area contributed by atoms with Gasteiger partial charge in [-0.2, -0.15) is 0 Å². The van der Waals surface area contributed by atoms with Crippen LogP contribution < -0.4 is 0 Å². The molecule has 2 aromatic carbocycles. The van der Waals surface area contributed by atoms with Crippen LogP contribution in [0.5, 0.6) is 0 Å². The molecule has 168 valence electrons. The molecule has 0 unspecified atom stereocenters. The lowest BCUT2D eigenvalue weighted by Gasteiger charge is -2.22. The van der Waals surface area contributed by atoms with Crippen molar-refractivity contribution in [3.05, 3.63) is 59.0 Å². The van der Waals surface area contributed by atoms with Crippen molar-refractivity contribution < 1.29 is 18.7 Å². The van der Waals surface area contributed by atoms with Crippen LogP contribution in [0.15, 0.2) is 42.6 Å². The van der Waals surface area contributed by atoms with E-state index in [1.54, 1.807) is 28.5 Å². The molecule has 0 N–H and O–H groups in total. The molecule has 0 bridgehead atoms. The van der Waals surface area contributed by atoms with Crippen molar-refractivity contribution in [2.45, 2.75) is 39.8 Å². The van der Waals surface area contributed by atoms with Crippen molar-refractivity contribution >= 4 is 34.4 Å². The van der Waals surface area contributed by atoms with Crippen molar-refractivity contribution in [3.63, 3.8) is 0 Å². The summed E-state index contributed by atoms with van der Waals surface area (Å²) in [6, 6.07) is 10.1. The molecule has 1 fully saturated rings. The number of rotatable bonds is 8. The number of carbonyl (C=O) groups is 2. The Morgan fingerprint density at radius 3 is 2.66 bits per heavy atom. The Morgan fingerprint density at radius 2 is 1.97 bits per heavy atom. The standard InChI is InChI=1S/C25H26ClFN2O3/c1-3-28(25(31)16-8-9-16)13-17-12-18(27)10-11-19(17)20-14-29(15-23(30)32-4-2)22-7-5-6-21(26)24(20)22/h5-7,10-12,14,16H,3-4,8-9,13,15H2,1-2H3. The van der Waals surface area contributed by atoms with E-state index < -0.39 is 0 Å². The summed E-state index contributed by atoms with van der Waals surface area (Å²) in [7, 11) is 0. The molecule has 3 aromatic rings. The van der Waals surface area contributed by atoms with Crippen LogP contribution in [0.2, 0.25) is 5.02 Å². The van der Waals surface area contributed by atoms with Crippen molar-refractivity contribution in [2.75, 3.05) is 13.2 Å². The second kappa shape index (κ2) is 9.33. The van der Waals surface area contributed by atoms with Gasteiger partial charge in [0.1, 0.15) is 12.4 Å². The first-order chi connectivity index (χ1) is 15.4. The maximum Gasteiger partial charge on any atom is 0.325 e. The van der Waals surface area contributed by atoms with Crippen LogP contribution in [0.1, 0.15) is 32.3 Å². The van der Waals surface area contributed by atoms with Crippen LogP contribution >= 0.6 is 11.6 Å². The second-order valence-electron chi connectivity index (χ2n) is 8.04. The Morgan fingerprint density at radius 1 is 1.19 bits per heavy atom. The molecule has 0 radical (unpaired) electrons. The summed E-state index contributed by atoms with van der Waals surface area (Å²) in [5, 5.41) is 1.32. The average molecular weight is 457 g/mol. The van der Waals surface area contributed by atoms with E-state index in [2.05, 4.69) is 0 Å². The molecule has 1 heterocycles. The number of nitrogens with zero attached hydrogens (tertiary/aromatic N) is 2. The molecule has 0 aliphatic heterocycles. The first-order valence-corrected chi connectivity index (χ1v) is 11.3. The number of esters is 1. The fourth-order valence-electron chi connectivity index (χ4n) is 4.08. The average Bonchev–Trinajstić information content (AvgIpc) is 3.55. The SMILES string of the molecule is CCOC(=O)Cn1cc(-c2ccc(F)cc2CN(CC)C(=O)C2CC2)c2c(Cl)cccc21. The third-order valence-corrected chi connectivity index (χ3v) is 6.11. The lowest BCUT2D eigenvalue weighted by Crippen LogP contribution is -2.31. The van der Waals surface area contributed by atoms with E-state index in [-0.39, 0.29) is 30.2 Å². The molecule has 1 aliphatic rings. The van der Waals surface area contributed by atoms with Crippen LogP contribution in [0.3, 0.4) is 0 Å². The van der Waals surface area contributed by atoms with Gasteiger partial charge in [-0.25, -0.2) is 4.39 Å². The van der Waals surface area contributed by atoms with E-state index >= 15 is 0 Å². The maximum absolute atomic E-state index is 14.2. The highest BCUT2D eigenvalue weighted by Crippen LogP contribution is 2.38. The number of fused-ring (bicyclic) bond motifs is 1. The molecule has 4 rings (SSSR count). The second-order valence-corrected chi connectivity index (χ2v) is 8.45. The Bertz CT molecular complexity index is 1170. The van der Waals surface area contributed by atoms with Crippen LogP contribution in [0.4, 0.5) is 4.39 Å². The molecular formula is C25H26ClFN2O3. The Labute approximate surface area is 191 Å². The number of ether oxygens (including phenoxy) is 1. The van der Waals surface area contributed by atoms with E-state index in [1.807, 2.05) is 25.3 Å². The van der Waals surface area contributed by atoms with Gasteiger partial charge in [0, 0.05) is 36.2 Å². The predicted molar refractivity (Wildman–Crippen MR) is 123 cm³/mol. The van der Waals surface area contributed by atoms with E-state index in [0.717, 1.165) is 34.9 Å². The highest BCUT2D eigenvalue weighted by Gasteiger charge is 2.33. The van der Waals surface area contributed by atoms with Crippen LogP contribution in [0, 0.1) is 11.7 Å². The van der Waals surface area contributed by atoms with Gasteiger partial charge in [0.15, 0.2) is 0 Å². The monoisotopic (exact) mass is 456 g/mol. The molecule has 0 spiro atoms. The van der Waals surface area contributed by atoms with Gasteiger partial charge in [-0.1, -0.05) is 23.7 Å². The highest BCUT2D eigenvalue weighted by molar-refractivity contribution is 6.36. The summed E-state index contributed by atoms with van der Waals surface area (Å²) >= 11 is 6.57. The molecule has 0 atom stereocenters. The van der Waals surface area contributed by atoms with Gasteiger partial charge in [0.25, 0.3) is 0 Å². The zero-order valence-electron chi connectivity index (χ0n) is 18.2. The molecule has 0 saturated heterocycles. The summed E-state index contributed by atoms with van der Waals surface area (Å²) in [5.74, 6) is -0.499. The molecule has 1 aliphatic carbocycles. The first-order valence-electron chi connectivity index (χ1n) is 10.9. The molecule has 7 heteroatoms. The van der Waals surface area contributed by atoms with Crippen molar-refractivity contribution in [1.82, 2.24) is 9.47 Å². The van der Waals surface area contributed by atoms with E-state index in [0.29, 0.717) is 30.3 Å². The summed E-state index contributed by atoms with van der Waals surface area (Å²) in [6.45, 7) is 4.91. The van der Waals surface area contributed by atoms with E-state index in [1.165, 1.54) is 12.1 Å². The summed E-state index contributed by atoms with van der Waals surface area (Å²) in [6.07, 6.45) is 3.69. The maximum atomic E-state index is 14.2. The number of carbonyl (C=O) groups excluding carboxylic acids is 2. The third kappa shape index (κ3) is 4.51. The predicted octanol–water partition coefficient (Wildman–Crippen LogP) is 5.42. The van der Waals surface area contributed by atoms with Crippen LogP contribution in [0.25, 0.3) is 22.0 Å². The Kier molecular flexibility index (Phi) is 6.51. The molecule has 1 saturated carbocycles. The van der Waals surface area contributed by atoms with Gasteiger partial charge >= 0.3 is 5.97 Å². The summed E-state index contributed by atoms with van der Waals surface area (Å²) < 4.78 is 21.2. The lowest BCUT2D eigenvalue weighted by molar-refractivity contribution is -0.143. The smallest absolute Gasteiger partial charge is 0.325 e. The molecular weight excluding hydrogens is 431 g/mol. The number of aromatic nitrogens is 1. The third-order valence-electron chi connectivity index (χ3n) is 5.80. The Balaban J connectivity index is 1.80. The minimum atomic E-state index is -0.361. The largest absolute Gasteiger partial charge is 0.465 e. The first kappa shape index (κ1) is 22.3. The molecule has 5 nitrogen and oxygen atoms in total. The highest BCUT2D eigenvalue weighted by atomic mass is 35.5. The van der Waals surface area contributed by atoms with Crippen molar-refractivity contribution in [3.8, 4) is 11.1 Å². The Hall–Kier alpha value is -2.86. The fourth-order valence-corrected chi connectivity index (χ4v) is 4.36. The number of amides is 1. The van der Waals surface area contributed by atoms with Gasteiger partial charge in [-0.3, -0.25) is 9.59 Å². The fraction of sp³-hybridized carbons (Fsp3) is 0.360. The summed E-state index contributed by atoms with van der Waals surface area (Å²) in [4.78, 5) is 26.6. The normalized spacial score (nSPS) is 13.4. The van der Waals surface area contributed by atoms with E-state index in [9.17, 15) is 14.0 Å². The van der Waals surface area contributed by atoms with Crippen molar-refractivity contribution in [1.29, 1.82) is 0 Å². The summed E-state index contributed by atoms with van der Waals surface area (Å²) in [5.41, 5.74) is 3.07. The lowest BCUT2D eigenvalue weighted by atomic mass is 9.98. The van der Waals surface area contributed by atoms with Gasteiger partial charge in [0.05, 0.1) is 17.1 Å². The number of hydrogen-bond acceptors (Lipinski definition) is 3. The van der Waals surface area contributed by atoms with Crippen LogP contribution in [-0.4, -0.2) is 34.5 Å². The zero-order valence-corrected chi connectivity index (χ0v) is 19.0. The van der Waals surface area contributed by atoms with Gasteiger partial charge < -0.3 is 14.2 Å². The van der Waals surface area contributed by atoms with Gasteiger partial charge in [-0.15, -0.1) is 0 Å². The quantitative estimate of drug-likeness (QED) is 0.425. The minimum Gasteiger partial charge on any atom is -0.465 e.